The number of hydrogen-bond acceptors (Lipinski definition) is 1. The number of nitrogens with zero attached hydrogens (tertiary/aromatic N) is 2. The molecular weight excluding hydrogens is 186 g/mol. The molecule has 3 rings (SSSR count). The molecule has 15 heavy (non-hydrogen) atoms. The number of hydrogen-bond donors (Lipinski definition) is 1. The molecular formula is C12H16N3+. The summed E-state index contributed by atoms with van der Waals surface area (Å²) in [5.74, 6) is 0.827. The van der Waals surface area contributed by atoms with Gasteiger partial charge in [0.05, 0.1) is 13.2 Å². The zero-order valence-corrected chi connectivity index (χ0v) is 8.98. The zero-order chi connectivity index (χ0) is 10.3. The van der Waals surface area contributed by atoms with Crippen LogP contribution in [0, 0.1) is 5.92 Å². The van der Waals surface area contributed by atoms with Crippen LogP contribution in [-0.4, -0.2) is 17.7 Å². The molecule has 0 aromatic carbocycles. The molecule has 0 amide bonds. The van der Waals surface area contributed by atoms with Crippen molar-refractivity contribution in [1.82, 2.24) is 9.88 Å². The maximum absolute atomic E-state index is 3.32. The topological polar surface area (TPSA) is 21.1 Å². The highest BCUT2D eigenvalue weighted by molar-refractivity contribution is 5.32. The third kappa shape index (κ3) is 1.43. The lowest BCUT2D eigenvalue weighted by atomic mass is 9.98. The lowest BCUT2D eigenvalue weighted by molar-refractivity contribution is -0.510. The smallest absolute Gasteiger partial charge is 0.286 e. The van der Waals surface area contributed by atoms with Gasteiger partial charge in [-0.2, -0.15) is 0 Å². The van der Waals surface area contributed by atoms with E-state index in [9.17, 15) is 0 Å². The highest BCUT2D eigenvalue weighted by Crippen LogP contribution is 2.12. The average Bonchev–Trinajstić information content (AvgIpc) is 2.51. The molecule has 1 saturated heterocycles. The van der Waals surface area contributed by atoms with Gasteiger partial charge in [-0.3, -0.25) is 0 Å². The minimum Gasteiger partial charge on any atom is -0.316 e. The molecule has 1 aliphatic rings. The van der Waals surface area contributed by atoms with Crippen LogP contribution in [0.1, 0.15) is 5.69 Å². The van der Waals surface area contributed by atoms with Crippen molar-refractivity contribution in [2.75, 3.05) is 13.1 Å². The van der Waals surface area contributed by atoms with Crippen LogP contribution < -0.4 is 9.72 Å². The Morgan fingerprint density at radius 3 is 3.00 bits per heavy atom. The fraction of sp³-hybridized carbons (Fsp3) is 0.417. The summed E-state index contributed by atoms with van der Waals surface area (Å²) < 4.78 is 4.49. The summed E-state index contributed by atoms with van der Waals surface area (Å²) in [6, 6.07) is 6.31. The Kier molecular flexibility index (Phi) is 1.99. The summed E-state index contributed by atoms with van der Waals surface area (Å²) >= 11 is 0. The third-order valence-electron chi connectivity index (χ3n) is 3.29. The molecule has 0 radical (unpaired) electrons. The van der Waals surface area contributed by atoms with Gasteiger partial charge in [-0.05, 0) is 25.1 Å². The monoisotopic (exact) mass is 202 g/mol. The fourth-order valence-corrected chi connectivity index (χ4v) is 2.21. The molecule has 3 heterocycles. The van der Waals surface area contributed by atoms with E-state index in [0.717, 1.165) is 5.92 Å². The Hall–Kier alpha value is -1.35. The molecule has 3 heteroatoms. The second-order valence-electron chi connectivity index (χ2n) is 4.37. The van der Waals surface area contributed by atoms with E-state index in [1.54, 1.807) is 0 Å². The Morgan fingerprint density at radius 1 is 1.47 bits per heavy atom. The first-order valence-corrected chi connectivity index (χ1v) is 5.50. The first-order valence-electron chi connectivity index (χ1n) is 5.50. The van der Waals surface area contributed by atoms with Crippen LogP contribution in [0.15, 0.2) is 30.6 Å². The minimum absolute atomic E-state index is 0.827. The van der Waals surface area contributed by atoms with Crippen molar-refractivity contribution in [1.29, 1.82) is 0 Å². The molecule has 78 valence electrons. The number of aromatic nitrogens is 2. The molecule has 0 atom stereocenters. The number of pyridine rings is 1. The van der Waals surface area contributed by atoms with Gasteiger partial charge in [-0.25, -0.2) is 8.97 Å². The lowest BCUT2D eigenvalue weighted by Crippen LogP contribution is -2.43. The van der Waals surface area contributed by atoms with Gasteiger partial charge in [0.2, 0.25) is 0 Å². The van der Waals surface area contributed by atoms with Gasteiger partial charge in [0, 0.05) is 12.5 Å². The van der Waals surface area contributed by atoms with Gasteiger partial charge in [-0.15, -0.1) is 0 Å². The highest BCUT2D eigenvalue weighted by Gasteiger charge is 2.22. The molecule has 1 fully saturated rings. The van der Waals surface area contributed by atoms with Gasteiger partial charge >= 0.3 is 0 Å². The summed E-state index contributed by atoms with van der Waals surface area (Å²) in [6.07, 6.45) is 5.54. The predicted molar refractivity (Wildman–Crippen MR) is 58.6 cm³/mol. The van der Waals surface area contributed by atoms with E-state index >= 15 is 0 Å². The quantitative estimate of drug-likeness (QED) is 0.705. The normalized spacial score (nSPS) is 16.9. The van der Waals surface area contributed by atoms with E-state index in [1.807, 2.05) is 0 Å². The first kappa shape index (κ1) is 8.92. The van der Waals surface area contributed by atoms with Crippen LogP contribution >= 0.6 is 0 Å². The van der Waals surface area contributed by atoms with Gasteiger partial charge in [-0.1, -0.05) is 6.07 Å². The van der Waals surface area contributed by atoms with Crippen molar-refractivity contribution in [2.24, 2.45) is 13.0 Å². The summed E-state index contributed by atoms with van der Waals surface area (Å²) in [5.41, 5.74) is 2.69. The minimum atomic E-state index is 0.827. The van der Waals surface area contributed by atoms with Crippen molar-refractivity contribution in [3.05, 3.63) is 36.3 Å². The number of rotatable bonds is 2. The molecule has 0 saturated carbocycles. The molecule has 2 aromatic rings. The van der Waals surface area contributed by atoms with Crippen LogP contribution in [-0.2, 0) is 13.5 Å². The Bertz CT molecular complexity index is 483. The van der Waals surface area contributed by atoms with E-state index < -0.39 is 0 Å². The summed E-state index contributed by atoms with van der Waals surface area (Å²) in [6.45, 7) is 2.35. The second kappa shape index (κ2) is 3.35. The van der Waals surface area contributed by atoms with Gasteiger partial charge < -0.3 is 5.32 Å². The molecule has 2 aromatic heterocycles. The number of nitrogens with one attached hydrogen (secondary N) is 1. The summed E-state index contributed by atoms with van der Waals surface area (Å²) in [4.78, 5) is 0. The third-order valence-corrected chi connectivity index (χ3v) is 3.29. The largest absolute Gasteiger partial charge is 0.316 e. The van der Waals surface area contributed by atoms with Crippen LogP contribution in [0.5, 0.6) is 0 Å². The molecule has 0 unspecified atom stereocenters. The Morgan fingerprint density at radius 2 is 2.33 bits per heavy atom. The van der Waals surface area contributed by atoms with Crippen molar-refractivity contribution >= 4 is 5.65 Å². The van der Waals surface area contributed by atoms with Crippen LogP contribution in [0.3, 0.4) is 0 Å². The second-order valence-corrected chi connectivity index (χ2v) is 4.37. The average molecular weight is 202 g/mol. The van der Waals surface area contributed by atoms with Crippen molar-refractivity contribution in [3.8, 4) is 0 Å². The SMILES string of the molecule is Cn1c(CC2CNC2)c[n+]2ccccc12. The van der Waals surface area contributed by atoms with Crippen molar-refractivity contribution < 1.29 is 4.40 Å². The van der Waals surface area contributed by atoms with E-state index in [4.69, 9.17) is 0 Å². The van der Waals surface area contributed by atoms with E-state index in [-0.39, 0.29) is 0 Å². The lowest BCUT2D eigenvalue weighted by Gasteiger charge is -2.25. The molecule has 1 N–H and O–H groups in total. The maximum Gasteiger partial charge on any atom is 0.286 e. The molecule has 0 aliphatic carbocycles. The maximum atomic E-state index is 3.32. The number of imidazole rings is 1. The highest BCUT2D eigenvalue weighted by atomic mass is 15.1. The van der Waals surface area contributed by atoms with E-state index in [0.29, 0.717) is 0 Å². The van der Waals surface area contributed by atoms with Crippen molar-refractivity contribution in [2.45, 2.75) is 6.42 Å². The zero-order valence-electron chi connectivity index (χ0n) is 8.98. The summed E-state index contributed by atoms with van der Waals surface area (Å²) in [7, 11) is 2.15. The van der Waals surface area contributed by atoms with Crippen LogP contribution in [0.25, 0.3) is 5.65 Å². The van der Waals surface area contributed by atoms with Gasteiger partial charge in [0.25, 0.3) is 5.65 Å². The molecule has 0 bridgehead atoms. The summed E-state index contributed by atoms with van der Waals surface area (Å²) in [5, 5.41) is 3.32. The van der Waals surface area contributed by atoms with Crippen molar-refractivity contribution in [3.63, 3.8) is 0 Å². The Balaban J connectivity index is 1.99. The van der Waals surface area contributed by atoms with Crippen LogP contribution in [0.2, 0.25) is 0 Å². The molecule has 0 spiro atoms. The number of fused-ring (bicyclic) bond motifs is 1. The van der Waals surface area contributed by atoms with E-state index in [2.05, 4.69) is 51.9 Å². The van der Waals surface area contributed by atoms with Crippen LogP contribution in [0.4, 0.5) is 0 Å². The fourth-order valence-electron chi connectivity index (χ4n) is 2.21. The number of aryl methyl sites for hydroxylation is 1. The molecule has 3 nitrogen and oxygen atoms in total. The predicted octanol–water partition coefficient (Wildman–Crippen LogP) is 0.526. The van der Waals surface area contributed by atoms with Gasteiger partial charge in [0.15, 0.2) is 0 Å². The Labute approximate surface area is 89.3 Å². The van der Waals surface area contributed by atoms with E-state index in [1.165, 1.54) is 30.9 Å². The first-order chi connectivity index (χ1) is 7.34. The van der Waals surface area contributed by atoms with Gasteiger partial charge in [0.1, 0.15) is 11.9 Å². The molecule has 1 aliphatic heterocycles. The standard InChI is InChI=1S/C12H16N3/c1-14-11(6-10-7-13-8-10)9-15-5-3-2-4-12(14)15/h2-5,9-10,13H,6-8H2,1H3/q+1.